The summed E-state index contributed by atoms with van der Waals surface area (Å²) in [5.41, 5.74) is 6.85. The molecule has 2 rings (SSSR count). The van der Waals surface area contributed by atoms with Crippen LogP contribution < -0.4 is 10.5 Å². The fraction of sp³-hybridized carbons (Fsp3) is 0.533. The molecule has 5 nitrogen and oxygen atoms in total. The largest absolute Gasteiger partial charge is 0.494 e. The Morgan fingerprint density at radius 3 is 3.05 bits per heavy atom. The fourth-order valence-corrected chi connectivity index (χ4v) is 2.84. The van der Waals surface area contributed by atoms with E-state index in [0.717, 1.165) is 32.2 Å². The second-order valence-corrected chi connectivity index (χ2v) is 5.09. The number of nitrogens with zero attached hydrogens (tertiary/aromatic N) is 1. The molecular weight excluding hydrogens is 256 g/mol. The molecule has 0 aliphatic carbocycles. The summed E-state index contributed by atoms with van der Waals surface area (Å²) in [7, 11) is 1.52. The number of ether oxygens (including phenoxy) is 1. The molecule has 1 heterocycles. The minimum absolute atomic E-state index is 0.0328. The summed E-state index contributed by atoms with van der Waals surface area (Å²) < 4.78 is 5.26. The smallest absolute Gasteiger partial charge is 0.257 e. The van der Waals surface area contributed by atoms with Crippen LogP contribution >= 0.6 is 0 Å². The van der Waals surface area contributed by atoms with Gasteiger partial charge in [0.25, 0.3) is 5.91 Å². The Morgan fingerprint density at radius 2 is 2.35 bits per heavy atom. The average molecular weight is 278 g/mol. The van der Waals surface area contributed by atoms with E-state index in [2.05, 4.69) is 0 Å². The SMILES string of the molecule is COc1c(N)cccc1C(=O)N1CCCC1CCCO. The zero-order valence-electron chi connectivity index (χ0n) is 11.8. The third-order valence-corrected chi connectivity index (χ3v) is 3.81. The lowest BCUT2D eigenvalue weighted by Crippen LogP contribution is -2.35. The van der Waals surface area contributed by atoms with E-state index in [1.807, 2.05) is 4.90 Å². The highest BCUT2D eigenvalue weighted by Crippen LogP contribution is 2.30. The molecule has 1 aliphatic rings. The van der Waals surface area contributed by atoms with Gasteiger partial charge in [-0.25, -0.2) is 0 Å². The highest BCUT2D eigenvalue weighted by molar-refractivity contribution is 5.99. The number of methoxy groups -OCH3 is 1. The van der Waals surface area contributed by atoms with Crippen molar-refractivity contribution in [2.45, 2.75) is 31.7 Å². The Balaban J connectivity index is 2.20. The molecule has 1 amide bonds. The van der Waals surface area contributed by atoms with Crippen LogP contribution in [-0.2, 0) is 0 Å². The lowest BCUT2D eigenvalue weighted by atomic mass is 10.1. The number of nitrogens with two attached hydrogens (primary N) is 1. The summed E-state index contributed by atoms with van der Waals surface area (Å²) in [5, 5.41) is 8.95. The van der Waals surface area contributed by atoms with Crippen molar-refractivity contribution < 1.29 is 14.6 Å². The zero-order chi connectivity index (χ0) is 14.5. The van der Waals surface area contributed by atoms with Gasteiger partial charge >= 0.3 is 0 Å². The molecule has 3 N–H and O–H groups in total. The minimum Gasteiger partial charge on any atom is -0.494 e. The van der Waals surface area contributed by atoms with Crippen LogP contribution in [0.5, 0.6) is 5.75 Å². The van der Waals surface area contributed by atoms with Crippen molar-refractivity contribution in [2.24, 2.45) is 0 Å². The van der Waals surface area contributed by atoms with Crippen molar-refractivity contribution in [3.63, 3.8) is 0 Å². The Labute approximate surface area is 119 Å². The normalized spacial score (nSPS) is 18.3. The number of aliphatic hydroxyl groups excluding tert-OH is 1. The van der Waals surface area contributed by atoms with Gasteiger partial charge in [0.1, 0.15) is 0 Å². The third-order valence-electron chi connectivity index (χ3n) is 3.81. The standard InChI is InChI=1S/C15H22N2O3/c1-20-14-12(7-2-8-13(14)16)15(19)17-9-3-5-11(17)6-4-10-18/h2,7-8,11,18H,3-6,9-10,16H2,1H3. The van der Waals surface area contributed by atoms with E-state index in [1.54, 1.807) is 18.2 Å². The number of hydrogen-bond donors (Lipinski definition) is 2. The van der Waals surface area contributed by atoms with Gasteiger partial charge in [0, 0.05) is 19.2 Å². The van der Waals surface area contributed by atoms with Crippen LogP contribution in [0.4, 0.5) is 5.69 Å². The van der Waals surface area contributed by atoms with Crippen molar-refractivity contribution >= 4 is 11.6 Å². The number of nitrogen functional groups attached to an aromatic ring is 1. The van der Waals surface area contributed by atoms with Crippen LogP contribution in [-0.4, -0.2) is 42.2 Å². The first kappa shape index (κ1) is 14.7. The summed E-state index contributed by atoms with van der Waals surface area (Å²) in [4.78, 5) is 14.6. The van der Waals surface area contributed by atoms with Gasteiger partial charge in [-0.15, -0.1) is 0 Å². The third kappa shape index (κ3) is 2.88. The van der Waals surface area contributed by atoms with Gasteiger partial charge in [-0.3, -0.25) is 4.79 Å². The monoisotopic (exact) mass is 278 g/mol. The number of benzene rings is 1. The van der Waals surface area contributed by atoms with Gasteiger partial charge < -0.3 is 20.5 Å². The molecule has 1 unspecified atom stereocenters. The average Bonchev–Trinajstić information content (AvgIpc) is 2.92. The van der Waals surface area contributed by atoms with Crippen LogP contribution in [0.1, 0.15) is 36.0 Å². The van der Waals surface area contributed by atoms with Gasteiger partial charge in [-0.2, -0.15) is 0 Å². The second-order valence-electron chi connectivity index (χ2n) is 5.09. The number of carbonyl (C=O) groups is 1. The van der Waals surface area contributed by atoms with E-state index < -0.39 is 0 Å². The topological polar surface area (TPSA) is 75.8 Å². The molecule has 0 spiro atoms. The molecule has 0 aromatic heterocycles. The number of aliphatic hydroxyl groups is 1. The number of rotatable bonds is 5. The van der Waals surface area contributed by atoms with Gasteiger partial charge in [0.05, 0.1) is 18.4 Å². The molecule has 1 fully saturated rings. The Bertz CT molecular complexity index is 476. The van der Waals surface area contributed by atoms with E-state index in [4.69, 9.17) is 15.6 Å². The van der Waals surface area contributed by atoms with Gasteiger partial charge in [0.15, 0.2) is 5.75 Å². The van der Waals surface area contributed by atoms with Crippen LogP contribution in [0.3, 0.4) is 0 Å². The summed E-state index contributed by atoms with van der Waals surface area (Å²) >= 11 is 0. The summed E-state index contributed by atoms with van der Waals surface area (Å²) in [5.74, 6) is 0.417. The number of anilines is 1. The molecule has 5 heteroatoms. The number of carbonyl (C=O) groups excluding carboxylic acids is 1. The molecular formula is C15H22N2O3. The van der Waals surface area contributed by atoms with Crippen LogP contribution in [0.2, 0.25) is 0 Å². The lowest BCUT2D eigenvalue weighted by Gasteiger charge is -2.25. The quantitative estimate of drug-likeness (QED) is 0.803. The summed E-state index contributed by atoms with van der Waals surface area (Å²) in [6, 6.07) is 5.45. The predicted molar refractivity (Wildman–Crippen MR) is 77.8 cm³/mol. The highest BCUT2D eigenvalue weighted by Gasteiger charge is 2.30. The van der Waals surface area contributed by atoms with Crippen molar-refractivity contribution in [3.05, 3.63) is 23.8 Å². The Kier molecular flexibility index (Phi) is 4.84. The molecule has 0 saturated carbocycles. The number of likely N-dealkylation sites (tertiary alicyclic amines) is 1. The molecule has 0 radical (unpaired) electrons. The molecule has 1 saturated heterocycles. The first-order valence-corrected chi connectivity index (χ1v) is 7.03. The molecule has 0 bridgehead atoms. The Morgan fingerprint density at radius 1 is 1.55 bits per heavy atom. The molecule has 1 aromatic rings. The number of amides is 1. The number of para-hydroxylation sites is 1. The van der Waals surface area contributed by atoms with Crippen molar-refractivity contribution in [2.75, 3.05) is 26.0 Å². The minimum atomic E-state index is -0.0328. The van der Waals surface area contributed by atoms with Gasteiger partial charge in [0.2, 0.25) is 0 Å². The maximum atomic E-state index is 12.7. The second kappa shape index (κ2) is 6.61. The van der Waals surface area contributed by atoms with Crippen LogP contribution in [0.15, 0.2) is 18.2 Å². The van der Waals surface area contributed by atoms with Gasteiger partial charge in [-0.05, 0) is 37.8 Å². The first-order valence-electron chi connectivity index (χ1n) is 7.03. The van der Waals surface area contributed by atoms with Crippen LogP contribution in [0, 0.1) is 0 Å². The van der Waals surface area contributed by atoms with E-state index >= 15 is 0 Å². The van der Waals surface area contributed by atoms with Crippen LogP contribution in [0.25, 0.3) is 0 Å². The van der Waals surface area contributed by atoms with Crippen molar-refractivity contribution in [3.8, 4) is 5.75 Å². The van der Waals surface area contributed by atoms with Gasteiger partial charge in [-0.1, -0.05) is 6.07 Å². The fourth-order valence-electron chi connectivity index (χ4n) is 2.84. The predicted octanol–water partition coefficient (Wildman–Crippen LogP) is 1.65. The van der Waals surface area contributed by atoms with Crippen molar-refractivity contribution in [1.82, 2.24) is 4.90 Å². The molecule has 1 atom stereocenters. The van der Waals surface area contributed by atoms with E-state index in [0.29, 0.717) is 17.0 Å². The van der Waals surface area contributed by atoms with E-state index in [9.17, 15) is 4.79 Å². The molecule has 20 heavy (non-hydrogen) atoms. The molecule has 1 aliphatic heterocycles. The van der Waals surface area contributed by atoms with E-state index in [1.165, 1.54) is 7.11 Å². The first-order chi connectivity index (χ1) is 9.69. The zero-order valence-corrected chi connectivity index (χ0v) is 11.8. The Hall–Kier alpha value is -1.75. The maximum Gasteiger partial charge on any atom is 0.257 e. The summed E-state index contributed by atoms with van der Waals surface area (Å²) in [6.07, 6.45) is 3.57. The maximum absolute atomic E-state index is 12.7. The highest BCUT2D eigenvalue weighted by atomic mass is 16.5. The molecule has 110 valence electrons. The molecule has 1 aromatic carbocycles. The lowest BCUT2D eigenvalue weighted by molar-refractivity contribution is 0.0721. The summed E-state index contributed by atoms with van der Waals surface area (Å²) in [6.45, 7) is 0.924. The van der Waals surface area contributed by atoms with E-state index in [-0.39, 0.29) is 18.6 Å². The number of hydrogen-bond acceptors (Lipinski definition) is 4. The van der Waals surface area contributed by atoms with Crippen molar-refractivity contribution in [1.29, 1.82) is 0 Å².